The van der Waals surface area contributed by atoms with E-state index in [-0.39, 0.29) is 18.0 Å². The maximum Gasteiger partial charge on any atom is 0.311 e. The van der Waals surface area contributed by atoms with Crippen molar-refractivity contribution in [2.24, 2.45) is 0 Å². The van der Waals surface area contributed by atoms with Gasteiger partial charge < -0.3 is 10.5 Å². The van der Waals surface area contributed by atoms with E-state index < -0.39 is 4.92 Å². The van der Waals surface area contributed by atoms with Gasteiger partial charge in [-0.1, -0.05) is 16.6 Å². The third kappa shape index (κ3) is 2.38. The number of benzene rings is 1. The van der Waals surface area contributed by atoms with E-state index in [0.717, 1.165) is 11.5 Å². The normalized spacial score (nSPS) is 10.3. The van der Waals surface area contributed by atoms with E-state index in [1.165, 1.54) is 6.07 Å². The molecule has 1 aromatic carbocycles. The minimum Gasteiger partial charge on any atom is -0.480 e. The molecule has 0 aliphatic carbocycles. The SMILES string of the molecule is Cc1cccc([N+](=O)[O-])c1OCc1nnsc1N. The first-order chi connectivity index (χ1) is 8.59. The molecule has 0 saturated heterocycles. The van der Waals surface area contributed by atoms with Crippen LogP contribution in [0.15, 0.2) is 18.2 Å². The van der Waals surface area contributed by atoms with E-state index in [0.29, 0.717) is 16.3 Å². The van der Waals surface area contributed by atoms with Gasteiger partial charge >= 0.3 is 5.69 Å². The van der Waals surface area contributed by atoms with Crippen LogP contribution in [0.25, 0.3) is 0 Å². The Labute approximate surface area is 107 Å². The Morgan fingerprint density at radius 3 is 2.94 bits per heavy atom. The quantitative estimate of drug-likeness (QED) is 0.669. The number of ether oxygens (including phenoxy) is 1. The molecule has 0 fully saturated rings. The average molecular weight is 266 g/mol. The van der Waals surface area contributed by atoms with Gasteiger partial charge in [-0.25, -0.2) is 0 Å². The fraction of sp³-hybridized carbons (Fsp3) is 0.200. The van der Waals surface area contributed by atoms with Crippen LogP contribution in [0, 0.1) is 17.0 Å². The molecule has 0 atom stereocenters. The Kier molecular flexibility index (Phi) is 3.38. The molecule has 0 radical (unpaired) electrons. The van der Waals surface area contributed by atoms with Crippen LogP contribution in [0.2, 0.25) is 0 Å². The highest BCUT2D eigenvalue weighted by molar-refractivity contribution is 7.09. The summed E-state index contributed by atoms with van der Waals surface area (Å²) in [4.78, 5) is 10.4. The fourth-order valence-corrected chi connectivity index (χ4v) is 1.86. The van der Waals surface area contributed by atoms with Crippen LogP contribution in [0.1, 0.15) is 11.3 Å². The van der Waals surface area contributed by atoms with Gasteiger partial charge in [0, 0.05) is 17.6 Å². The van der Waals surface area contributed by atoms with Crippen molar-refractivity contribution in [3.63, 3.8) is 0 Å². The molecule has 18 heavy (non-hydrogen) atoms. The van der Waals surface area contributed by atoms with Crippen molar-refractivity contribution in [2.75, 3.05) is 5.73 Å². The first-order valence-electron chi connectivity index (χ1n) is 5.03. The fourth-order valence-electron chi connectivity index (χ4n) is 1.42. The molecule has 0 aliphatic rings. The number of nitrogen functional groups attached to an aromatic ring is 1. The molecule has 1 heterocycles. The highest BCUT2D eigenvalue weighted by atomic mass is 32.1. The van der Waals surface area contributed by atoms with Crippen LogP contribution >= 0.6 is 11.5 Å². The molecular formula is C10H10N4O3S. The maximum atomic E-state index is 10.9. The molecule has 2 rings (SSSR count). The predicted molar refractivity (Wildman–Crippen MR) is 66.5 cm³/mol. The minimum atomic E-state index is -0.481. The number of para-hydroxylation sites is 1. The molecule has 0 spiro atoms. The Balaban J connectivity index is 2.24. The van der Waals surface area contributed by atoms with Crippen molar-refractivity contribution in [3.05, 3.63) is 39.6 Å². The van der Waals surface area contributed by atoms with Crippen LogP contribution in [0.4, 0.5) is 10.7 Å². The lowest BCUT2D eigenvalue weighted by Crippen LogP contribution is -2.02. The van der Waals surface area contributed by atoms with Gasteiger partial charge in [-0.3, -0.25) is 10.1 Å². The molecule has 2 aromatic rings. The molecule has 0 unspecified atom stereocenters. The van der Waals surface area contributed by atoms with E-state index in [2.05, 4.69) is 9.59 Å². The lowest BCUT2D eigenvalue weighted by Gasteiger charge is -2.07. The molecule has 7 nitrogen and oxygen atoms in total. The Morgan fingerprint density at radius 2 is 2.33 bits per heavy atom. The van der Waals surface area contributed by atoms with Crippen LogP contribution in [-0.2, 0) is 6.61 Å². The van der Waals surface area contributed by atoms with Crippen LogP contribution < -0.4 is 10.5 Å². The van der Waals surface area contributed by atoms with Crippen molar-refractivity contribution in [3.8, 4) is 5.75 Å². The number of anilines is 1. The molecular weight excluding hydrogens is 256 g/mol. The largest absolute Gasteiger partial charge is 0.480 e. The minimum absolute atomic E-state index is 0.0635. The van der Waals surface area contributed by atoms with Gasteiger partial charge in [0.2, 0.25) is 0 Å². The standard InChI is InChI=1S/C10H10N4O3S/c1-6-3-2-4-8(14(15)16)9(6)17-5-7-10(11)18-13-12-7/h2-4H,5,11H2,1H3. The lowest BCUT2D eigenvalue weighted by atomic mass is 10.2. The number of nitrogens with two attached hydrogens (primary N) is 1. The lowest BCUT2D eigenvalue weighted by molar-refractivity contribution is -0.386. The number of nitro groups is 1. The summed E-state index contributed by atoms with van der Waals surface area (Å²) in [6.45, 7) is 1.80. The first kappa shape index (κ1) is 12.2. The molecule has 0 bridgehead atoms. The zero-order chi connectivity index (χ0) is 13.1. The molecule has 0 aliphatic heterocycles. The van der Waals surface area contributed by atoms with E-state index in [1.807, 2.05) is 0 Å². The van der Waals surface area contributed by atoms with Crippen molar-refractivity contribution in [1.29, 1.82) is 0 Å². The summed E-state index contributed by atoms with van der Waals surface area (Å²) < 4.78 is 9.10. The molecule has 8 heteroatoms. The van der Waals surface area contributed by atoms with Crippen molar-refractivity contribution in [2.45, 2.75) is 13.5 Å². The second kappa shape index (κ2) is 4.96. The highest BCUT2D eigenvalue weighted by Gasteiger charge is 2.17. The van der Waals surface area contributed by atoms with Gasteiger partial charge in [0.15, 0.2) is 5.75 Å². The van der Waals surface area contributed by atoms with Crippen molar-refractivity contribution < 1.29 is 9.66 Å². The molecule has 1 aromatic heterocycles. The highest BCUT2D eigenvalue weighted by Crippen LogP contribution is 2.31. The van der Waals surface area contributed by atoms with E-state index in [9.17, 15) is 10.1 Å². The summed E-state index contributed by atoms with van der Waals surface area (Å²) in [7, 11) is 0. The monoisotopic (exact) mass is 266 g/mol. The van der Waals surface area contributed by atoms with Crippen molar-refractivity contribution >= 4 is 22.2 Å². The van der Waals surface area contributed by atoms with Gasteiger partial charge in [-0.2, -0.15) is 0 Å². The summed E-state index contributed by atoms with van der Waals surface area (Å²) in [5.74, 6) is 0.231. The molecule has 0 amide bonds. The Bertz CT molecular complexity index is 584. The first-order valence-corrected chi connectivity index (χ1v) is 5.80. The Hall–Kier alpha value is -2.22. The van der Waals surface area contributed by atoms with Gasteiger partial charge in [0.25, 0.3) is 0 Å². The van der Waals surface area contributed by atoms with Crippen LogP contribution in [-0.4, -0.2) is 14.5 Å². The predicted octanol–water partition coefficient (Wildman–Crippen LogP) is 1.92. The third-order valence-corrected chi connectivity index (χ3v) is 2.92. The van der Waals surface area contributed by atoms with E-state index >= 15 is 0 Å². The second-order valence-corrected chi connectivity index (χ2v) is 4.34. The van der Waals surface area contributed by atoms with Gasteiger partial charge in [-0.05, 0) is 12.5 Å². The van der Waals surface area contributed by atoms with E-state index in [1.54, 1.807) is 19.1 Å². The van der Waals surface area contributed by atoms with Gasteiger partial charge in [0.1, 0.15) is 17.3 Å². The topological polar surface area (TPSA) is 104 Å². The number of hydrogen-bond acceptors (Lipinski definition) is 7. The zero-order valence-corrected chi connectivity index (χ0v) is 10.3. The van der Waals surface area contributed by atoms with Gasteiger partial charge in [-0.15, -0.1) is 5.10 Å². The number of aromatic nitrogens is 2. The van der Waals surface area contributed by atoms with E-state index in [4.69, 9.17) is 10.5 Å². The zero-order valence-electron chi connectivity index (χ0n) is 9.49. The summed E-state index contributed by atoms with van der Waals surface area (Å²) >= 11 is 1.06. The van der Waals surface area contributed by atoms with Crippen LogP contribution in [0.5, 0.6) is 5.75 Å². The maximum absolute atomic E-state index is 10.9. The number of nitro benzene ring substituents is 1. The number of aryl methyl sites for hydroxylation is 1. The summed E-state index contributed by atoms with van der Waals surface area (Å²) in [5, 5.41) is 15.1. The smallest absolute Gasteiger partial charge is 0.311 e. The van der Waals surface area contributed by atoms with Gasteiger partial charge in [0.05, 0.1) is 4.92 Å². The summed E-state index contributed by atoms with van der Waals surface area (Å²) in [6.07, 6.45) is 0. The number of rotatable bonds is 4. The summed E-state index contributed by atoms with van der Waals surface area (Å²) in [6, 6.07) is 4.75. The summed E-state index contributed by atoms with van der Waals surface area (Å²) in [5.41, 5.74) is 6.72. The molecule has 0 saturated carbocycles. The average Bonchev–Trinajstić information content (AvgIpc) is 2.73. The van der Waals surface area contributed by atoms with Crippen molar-refractivity contribution in [1.82, 2.24) is 9.59 Å². The Morgan fingerprint density at radius 1 is 1.56 bits per heavy atom. The number of hydrogen-bond donors (Lipinski definition) is 1. The second-order valence-electron chi connectivity index (χ2n) is 3.55. The molecule has 94 valence electrons. The number of nitrogens with zero attached hydrogens (tertiary/aromatic N) is 3. The third-order valence-electron chi connectivity index (χ3n) is 2.33. The molecule has 2 N–H and O–H groups in total. The van der Waals surface area contributed by atoms with Crippen LogP contribution in [0.3, 0.4) is 0 Å².